The molecule has 0 amide bonds. The molecule has 61 heavy (non-hydrogen) atoms. The van der Waals surface area contributed by atoms with Crippen molar-refractivity contribution >= 4 is 76.5 Å². The van der Waals surface area contributed by atoms with Gasteiger partial charge in [0.1, 0.15) is 23.1 Å². The SMILES string of the molecule is c1ccc(-n2c3ccccc3c3cc(-c4ccc5c(c4)c4ccccc4n5-c4ccc5cc(-c6cccc(-c7ncnc8c7oc7ccccc78)c6)ccc5c4)ccc32)cc1. The van der Waals surface area contributed by atoms with Crippen molar-refractivity contribution in [3.63, 3.8) is 0 Å². The molecule has 0 bridgehead atoms. The Hall–Kier alpha value is -8.28. The zero-order chi connectivity index (χ0) is 40.0. The van der Waals surface area contributed by atoms with Gasteiger partial charge in [-0.1, -0.05) is 115 Å². The minimum Gasteiger partial charge on any atom is -0.452 e. The zero-order valence-electron chi connectivity index (χ0n) is 32.8. The minimum absolute atomic E-state index is 0.707. The van der Waals surface area contributed by atoms with E-state index < -0.39 is 0 Å². The molecular weight excluding hydrogens is 745 g/mol. The Bertz CT molecular complexity index is 3890. The Morgan fingerprint density at radius 3 is 1.66 bits per heavy atom. The van der Waals surface area contributed by atoms with Crippen LogP contribution in [0, 0.1) is 0 Å². The lowest BCUT2D eigenvalue weighted by Crippen LogP contribution is -1.94. The first kappa shape index (κ1) is 33.7. The van der Waals surface area contributed by atoms with Gasteiger partial charge in [0.15, 0.2) is 5.58 Å². The Morgan fingerprint density at radius 2 is 0.902 bits per heavy atom. The van der Waals surface area contributed by atoms with Crippen molar-refractivity contribution in [3.8, 4) is 44.9 Å². The van der Waals surface area contributed by atoms with Crippen LogP contribution >= 0.6 is 0 Å². The third-order valence-corrected chi connectivity index (χ3v) is 12.4. The number of fused-ring (bicyclic) bond motifs is 10. The summed E-state index contributed by atoms with van der Waals surface area (Å²) in [5, 5.41) is 8.34. The molecule has 13 aromatic rings. The summed E-state index contributed by atoms with van der Waals surface area (Å²) in [5.74, 6) is 0. The third kappa shape index (κ3) is 5.21. The smallest absolute Gasteiger partial charge is 0.180 e. The predicted octanol–water partition coefficient (Wildman–Crippen LogP) is 14.7. The molecule has 13 rings (SSSR count). The van der Waals surface area contributed by atoms with Crippen molar-refractivity contribution in [2.75, 3.05) is 0 Å². The highest BCUT2D eigenvalue weighted by Gasteiger charge is 2.18. The molecule has 4 aromatic heterocycles. The van der Waals surface area contributed by atoms with E-state index in [2.05, 4.69) is 195 Å². The molecule has 4 heterocycles. The zero-order valence-corrected chi connectivity index (χ0v) is 32.8. The van der Waals surface area contributed by atoms with E-state index in [0.29, 0.717) is 5.58 Å². The lowest BCUT2D eigenvalue weighted by Gasteiger charge is -2.11. The van der Waals surface area contributed by atoms with Crippen LogP contribution in [0.5, 0.6) is 0 Å². The molecule has 0 aliphatic rings. The summed E-state index contributed by atoms with van der Waals surface area (Å²) in [4.78, 5) is 9.24. The summed E-state index contributed by atoms with van der Waals surface area (Å²) < 4.78 is 11.1. The van der Waals surface area contributed by atoms with Crippen LogP contribution in [0.25, 0.3) is 121 Å². The van der Waals surface area contributed by atoms with Crippen LogP contribution in [0.1, 0.15) is 0 Å². The molecule has 5 nitrogen and oxygen atoms in total. The summed E-state index contributed by atoms with van der Waals surface area (Å²) >= 11 is 0. The predicted molar refractivity (Wildman–Crippen MR) is 252 cm³/mol. The van der Waals surface area contributed by atoms with Crippen molar-refractivity contribution in [2.45, 2.75) is 0 Å². The second-order valence-electron chi connectivity index (χ2n) is 15.8. The van der Waals surface area contributed by atoms with Gasteiger partial charge in [0, 0.05) is 43.9 Å². The van der Waals surface area contributed by atoms with Crippen LogP contribution in [-0.2, 0) is 0 Å². The molecule has 0 unspecified atom stereocenters. The first-order valence-corrected chi connectivity index (χ1v) is 20.6. The molecule has 0 atom stereocenters. The van der Waals surface area contributed by atoms with Crippen LogP contribution in [0.3, 0.4) is 0 Å². The maximum absolute atomic E-state index is 6.28. The number of aromatic nitrogens is 4. The average Bonchev–Trinajstić information content (AvgIpc) is 3.99. The second kappa shape index (κ2) is 13.1. The van der Waals surface area contributed by atoms with E-state index in [9.17, 15) is 0 Å². The van der Waals surface area contributed by atoms with Gasteiger partial charge in [-0.25, -0.2) is 9.97 Å². The highest BCUT2D eigenvalue weighted by Crippen LogP contribution is 2.40. The largest absolute Gasteiger partial charge is 0.452 e. The molecule has 0 aliphatic heterocycles. The molecular formula is C56H34N4O. The van der Waals surface area contributed by atoms with Crippen LogP contribution in [0.4, 0.5) is 0 Å². The van der Waals surface area contributed by atoms with Crippen molar-refractivity contribution < 1.29 is 4.42 Å². The normalized spacial score (nSPS) is 11.9. The van der Waals surface area contributed by atoms with E-state index in [1.807, 2.05) is 24.3 Å². The van der Waals surface area contributed by atoms with Crippen LogP contribution in [0.2, 0.25) is 0 Å². The van der Waals surface area contributed by atoms with Crippen LogP contribution in [0.15, 0.2) is 211 Å². The summed E-state index contributed by atoms with van der Waals surface area (Å²) in [6.45, 7) is 0. The fourth-order valence-corrected chi connectivity index (χ4v) is 9.57. The third-order valence-electron chi connectivity index (χ3n) is 12.4. The van der Waals surface area contributed by atoms with Gasteiger partial charge in [0.05, 0.1) is 22.1 Å². The summed E-state index contributed by atoms with van der Waals surface area (Å²) in [7, 11) is 0. The Labute approximate surface area is 350 Å². The minimum atomic E-state index is 0.707. The molecule has 0 spiro atoms. The number of rotatable bonds is 5. The first-order chi connectivity index (χ1) is 30.2. The number of benzene rings is 9. The maximum atomic E-state index is 6.28. The number of nitrogens with zero attached hydrogens (tertiary/aromatic N) is 4. The van der Waals surface area contributed by atoms with E-state index in [1.54, 1.807) is 6.33 Å². The van der Waals surface area contributed by atoms with Crippen molar-refractivity contribution in [1.82, 2.24) is 19.1 Å². The lowest BCUT2D eigenvalue weighted by atomic mass is 9.98. The van der Waals surface area contributed by atoms with Gasteiger partial charge < -0.3 is 13.6 Å². The Kier molecular flexibility index (Phi) is 7.24. The van der Waals surface area contributed by atoms with Gasteiger partial charge in [-0.3, -0.25) is 0 Å². The lowest BCUT2D eigenvalue weighted by molar-refractivity contribution is 0.667. The first-order valence-electron chi connectivity index (χ1n) is 20.6. The molecule has 0 N–H and O–H groups in total. The fraction of sp³-hybridized carbons (Fsp3) is 0. The van der Waals surface area contributed by atoms with Gasteiger partial charge in [-0.2, -0.15) is 0 Å². The van der Waals surface area contributed by atoms with Crippen molar-refractivity contribution in [3.05, 3.63) is 207 Å². The number of furan rings is 1. The number of hydrogen-bond donors (Lipinski definition) is 0. The Balaban J connectivity index is 0.880. The average molecular weight is 779 g/mol. The summed E-state index contributed by atoms with van der Waals surface area (Å²) in [6, 6.07) is 72.0. The van der Waals surface area contributed by atoms with Gasteiger partial charge >= 0.3 is 0 Å². The van der Waals surface area contributed by atoms with Crippen molar-refractivity contribution in [1.29, 1.82) is 0 Å². The van der Waals surface area contributed by atoms with E-state index in [4.69, 9.17) is 4.42 Å². The summed E-state index contributed by atoms with van der Waals surface area (Å²) in [6.07, 6.45) is 1.63. The standard InChI is InChI=1S/C56H34N4O/c1-2-13-42(14-3-1)59-49-18-7-4-15-44(49)47-32-39(24-27-51(47)59)40-25-28-52-48(33-40)45-16-5-8-19-50(45)60(52)43-26-23-37-29-36(21-22-38(37)31-43)35-11-10-12-41(30-35)54-56-55(58-34-57-54)46-17-6-9-20-53(46)61-56/h1-34H. The van der Waals surface area contributed by atoms with E-state index >= 15 is 0 Å². The molecule has 0 saturated heterocycles. The van der Waals surface area contributed by atoms with Crippen molar-refractivity contribution in [2.24, 2.45) is 0 Å². The molecule has 0 saturated carbocycles. The molecule has 0 fully saturated rings. The fourth-order valence-electron chi connectivity index (χ4n) is 9.57. The monoisotopic (exact) mass is 778 g/mol. The van der Waals surface area contributed by atoms with Crippen LogP contribution < -0.4 is 0 Å². The molecule has 9 aromatic carbocycles. The quantitative estimate of drug-likeness (QED) is 0.175. The van der Waals surface area contributed by atoms with E-state index in [0.717, 1.165) is 44.6 Å². The van der Waals surface area contributed by atoms with Gasteiger partial charge in [-0.05, 0) is 118 Å². The highest BCUT2D eigenvalue weighted by atomic mass is 16.3. The van der Waals surface area contributed by atoms with Gasteiger partial charge in [0.25, 0.3) is 0 Å². The number of hydrogen-bond acceptors (Lipinski definition) is 3. The Morgan fingerprint density at radius 1 is 0.344 bits per heavy atom. The van der Waals surface area contributed by atoms with E-state index in [-0.39, 0.29) is 0 Å². The molecule has 0 aliphatic carbocycles. The molecule has 0 radical (unpaired) electrons. The van der Waals surface area contributed by atoms with E-state index in [1.165, 1.54) is 71.2 Å². The number of para-hydroxylation sites is 4. The summed E-state index contributed by atoms with van der Waals surface area (Å²) in [5.41, 5.74) is 15.9. The van der Waals surface area contributed by atoms with Gasteiger partial charge in [-0.15, -0.1) is 0 Å². The molecule has 5 heteroatoms. The second-order valence-corrected chi connectivity index (χ2v) is 15.8. The maximum Gasteiger partial charge on any atom is 0.180 e. The molecule has 284 valence electrons. The highest BCUT2D eigenvalue weighted by molar-refractivity contribution is 6.13. The van der Waals surface area contributed by atoms with Gasteiger partial charge in [0.2, 0.25) is 0 Å². The van der Waals surface area contributed by atoms with Crippen LogP contribution in [-0.4, -0.2) is 19.1 Å². The topological polar surface area (TPSA) is 48.8 Å².